The van der Waals surface area contributed by atoms with Crippen molar-refractivity contribution in [2.24, 2.45) is 5.92 Å². The van der Waals surface area contributed by atoms with Crippen LogP contribution in [0.5, 0.6) is 0 Å². The molecule has 1 aliphatic rings. The van der Waals surface area contributed by atoms with Crippen LogP contribution in [-0.4, -0.2) is 11.5 Å². The van der Waals surface area contributed by atoms with Gasteiger partial charge in [0.05, 0.1) is 5.75 Å². The smallest absolute Gasteiger partial charge is 0.146 e. The maximum atomic E-state index is 12.1. The van der Waals surface area contributed by atoms with Gasteiger partial charge in [0.25, 0.3) is 0 Å². The summed E-state index contributed by atoms with van der Waals surface area (Å²) in [6, 6.07) is 6.46. The minimum absolute atomic E-state index is 0.344. The van der Waals surface area contributed by atoms with E-state index in [0.717, 1.165) is 12.8 Å². The molecule has 1 aromatic rings. The first kappa shape index (κ1) is 13.7. The van der Waals surface area contributed by atoms with E-state index in [1.165, 1.54) is 35.3 Å². The van der Waals surface area contributed by atoms with Gasteiger partial charge in [0.1, 0.15) is 5.78 Å². The molecule has 0 saturated heterocycles. The first-order chi connectivity index (χ1) is 8.66. The molecule has 1 aromatic carbocycles. The highest BCUT2D eigenvalue weighted by Gasteiger charge is 2.20. The normalized spacial score (nSPS) is 16.8. The molecule has 1 saturated carbocycles. The Bertz CT molecular complexity index is 419. The number of rotatable bonds is 4. The Labute approximate surface area is 114 Å². The van der Waals surface area contributed by atoms with E-state index in [4.69, 9.17) is 0 Å². The van der Waals surface area contributed by atoms with Gasteiger partial charge in [-0.1, -0.05) is 37.0 Å². The third kappa shape index (κ3) is 3.61. The molecule has 0 atom stereocenters. The predicted octanol–water partition coefficient (Wildman–Crippen LogP) is 4.54. The molecule has 1 nitrogen and oxygen atoms in total. The molecule has 0 heterocycles. The summed E-state index contributed by atoms with van der Waals surface area (Å²) in [7, 11) is 0. The highest BCUT2D eigenvalue weighted by molar-refractivity contribution is 8.00. The van der Waals surface area contributed by atoms with Crippen molar-refractivity contribution in [3.8, 4) is 0 Å². The maximum absolute atomic E-state index is 12.1. The van der Waals surface area contributed by atoms with Crippen LogP contribution in [0.15, 0.2) is 23.1 Å². The lowest BCUT2D eigenvalue weighted by Gasteiger charge is -2.20. The van der Waals surface area contributed by atoms with Gasteiger partial charge < -0.3 is 0 Å². The van der Waals surface area contributed by atoms with Crippen LogP contribution in [-0.2, 0) is 4.79 Å². The topological polar surface area (TPSA) is 17.1 Å². The van der Waals surface area contributed by atoms with Gasteiger partial charge in [-0.3, -0.25) is 4.79 Å². The predicted molar refractivity (Wildman–Crippen MR) is 78.2 cm³/mol. The van der Waals surface area contributed by atoms with Crippen molar-refractivity contribution >= 4 is 17.5 Å². The molecule has 2 heteroatoms. The number of hydrogen-bond acceptors (Lipinski definition) is 2. The van der Waals surface area contributed by atoms with E-state index in [1.807, 2.05) is 0 Å². The number of Topliss-reactive ketones (excluding diaryl/α,β-unsaturated/α-hetero) is 1. The number of benzene rings is 1. The highest BCUT2D eigenvalue weighted by atomic mass is 32.2. The molecule has 0 N–H and O–H groups in total. The van der Waals surface area contributed by atoms with Crippen molar-refractivity contribution < 1.29 is 4.79 Å². The summed E-state index contributed by atoms with van der Waals surface area (Å²) in [5.74, 6) is 1.45. The van der Waals surface area contributed by atoms with E-state index >= 15 is 0 Å². The van der Waals surface area contributed by atoms with Gasteiger partial charge in [-0.15, -0.1) is 11.8 Å². The van der Waals surface area contributed by atoms with Gasteiger partial charge in [0, 0.05) is 10.8 Å². The quantitative estimate of drug-likeness (QED) is 0.741. The Kier molecular flexibility index (Phi) is 4.87. The zero-order valence-electron chi connectivity index (χ0n) is 11.4. The summed E-state index contributed by atoms with van der Waals surface area (Å²) >= 11 is 1.71. The maximum Gasteiger partial charge on any atom is 0.146 e. The average molecular weight is 262 g/mol. The van der Waals surface area contributed by atoms with Crippen LogP contribution in [0.3, 0.4) is 0 Å². The Morgan fingerprint density at radius 3 is 2.67 bits per heavy atom. The molecule has 2 rings (SSSR count). The minimum Gasteiger partial charge on any atom is -0.298 e. The largest absolute Gasteiger partial charge is 0.298 e. The second kappa shape index (κ2) is 6.42. The number of thioether (sulfide) groups is 1. The van der Waals surface area contributed by atoms with Crippen LogP contribution >= 0.6 is 11.8 Å². The molecular weight excluding hydrogens is 240 g/mol. The van der Waals surface area contributed by atoms with Gasteiger partial charge in [0.15, 0.2) is 0 Å². The summed E-state index contributed by atoms with van der Waals surface area (Å²) in [6.45, 7) is 4.22. The molecule has 0 bridgehead atoms. The Balaban J connectivity index is 1.90. The van der Waals surface area contributed by atoms with E-state index in [-0.39, 0.29) is 0 Å². The van der Waals surface area contributed by atoms with E-state index in [9.17, 15) is 4.79 Å². The Morgan fingerprint density at radius 1 is 1.22 bits per heavy atom. The van der Waals surface area contributed by atoms with Gasteiger partial charge >= 0.3 is 0 Å². The summed E-state index contributed by atoms with van der Waals surface area (Å²) in [5.41, 5.74) is 2.55. The highest BCUT2D eigenvalue weighted by Crippen LogP contribution is 2.28. The molecule has 0 aliphatic heterocycles. The molecule has 0 unspecified atom stereocenters. The second-order valence-electron chi connectivity index (χ2n) is 5.36. The van der Waals surface area contributed by atoms with Crippen LogP contribution in [0.1, 0.15) is 43.2 Å². The van der Waals surface area contributed by atoms with Crippen molar-refractivity contribution in [3.63, 3.8) is 0 Å². The summed E-state index contributed by atoms with van der Waals surface area (Å²) in [6.07, 6.45) is 6.03. The standard InChI is InChI=1S/C16H22OS/c1-12-8-9-13(2)16(10-12)18-11-15(17)14-6-4-3-5-7-14/h8-10,14H,3-7,11H2,1-2H3. The third-order valence-corrected chi connectivity index (χ3v) is 4.95. The van der Waals surface area contributed by atoms with E-state index in [0.29, 0.717) is 17.5 Å². The zero-order chi connectivity index (χ0) is 13.0. The van der Waals surface area contributed by atoms with Crippen molar-refractivity contribution in [2.45, 2.75) is 50.8 Å². The fourth-order valence-corrected chi connectivity index (χ4v) is 3.65. The summed E-state index contributed by atoms with van der Waals surface area (Å²) in [5, 5.41) is 0. The van der Waals surface area contributed by atoms with E-state index in [1.54, 1.807) is 11.8 Å². The Morgan fingerprint density at radius 2 is 1.94 bits per heavy atom. The molecule has 98 valence electrons. The summed E-state index contributed by atoms with van der Waals surface area (Å²) < 4.78 is 0. The summed E-state index contributed by atoms with van der Waals surface area (Å²) in [4.78, 5) is 13.4. The zero-order valence-corrected chi connectivity index (χ0v) is 12.2. The van der Waals surface area contributed by atoms with Crippen molar-refractivity contribution in [3.05, 3.63) is 29.3 Å². The number of aryl methyl sites for hydroxylation is 2. The van der Waals surface area contributed by atoms with Crippen LogP contribution < -0.4 is 0 Å². The molecule has 1 aliphatic carbocycles. The van der Waals surface area contributed by atoms with Gasteiger partial charge in [0.2, 0.25) is 0 Å². The van der Waals surface area contributed by atoms with Gasteiger partial charge in [-0.05, 0) is 38.3 Å². The van der Waals surface area contributed by atoms with Crippen molar-refractivity contribution in [1.29, 1.82) is 0 Å². The van der Waals surface area contributed by atoms with Crippen LogP contribution in [0.25, 0.3) is 0 Å². The third-order valence-electron chi connectivity index (χ3n) is 3.77. The minimum atomic E-state index is 0.344. The van der Waals surface area contributed by atoms with Gasteiger partial charge in [-0.25, -0.2) is 0 Å². The number of ketones is 1. The first-order valence-corrected chi connectivity index (χ1v) is 7.88. The van der Waals surface area contributed by atoms with Crippen molar-refractivity contribution in [2.75, 3.05) is 5.75 Å². The molecular formula is C16H22OS. The number of carbonyl (C=O) groups excluding carboxylic acids is 1. The average Bonchev–Trinajstić information content (AvgIpc) is 2.40. The Hall–Kier alpha value is -0.760. The molecule has 1 fully saturated rings. The molecule has 0 aromatic heterocycles. The van der Waals surface area contributed by atoms with Crippen LogP contribution in [0.2, 0.25) is 0 Å². The van der Waals surface area contributed by atoms with E-state index < -0.39 is 0 Å². The lowest BCUT2D eigenvalue weighted by Crippen LogP contribution is -2.19. The van der Waals surface area contributed by atoms with Gasteiger partial charge in [-0.2, -0.15) is 0 Å². The number of carbonyl (C=O) groups is 1. The molecule has 0 spiro atoms. The molecule has 0 radical (unpaired) electrons. The number of hydrogen-bond donors (Lipinski definition) is 0. The van der Waals surface area contributed by atoms with Crippen LogP contribution in [0.4, 0.5) is 0 Å². The fourth-order valence-electron chi connectivity index (χ4n) is 2.55. The second-order valence-corrected chi connectivity index (χ2v) is 6.38. The monoisotopic (exact) mass is 262 g/mol. The fraction of sp³-hybridized carbons (Fsp3) is 0.562. The molecule has 0 amide bonds. The van der Waals surface area contributed by atoms with Crippen molar-refractivity contribution in [1.82, 2.24) is 0 Å². The van der Waals surface area contributed by atoms with E-state index in [2.05, 4.69) is 32.0 Å². The first-order valence-electron chi connectivity index (χ1n) is 6.89. The SMILES string of the molecule is Cc1ccc(C)c(SCC(=O)C2CCCCC2)c1. The lowest BCUT2D eigenvalue weighted by molar-refractivity contribution is -0.121. The van der Waals surface area contributed by atoms with Crippen LogP contribution in [0, 0.1) is 19.8 Å². The molecule has 18 heavy (non-hydrogen) atoms. The lowest BCUT2D eigenvalue weighted by atomic mass is 9.87.